The highest BCUT2D eigenvalue weighted by atomic mass is 32.1. The van der Waals surface area contributed by atoms with Crippen molar-refractivity contribution >= 4 is 39.6 Å². The predicted molar refractivity (Wildman–Crippen MR) is 96.6 cm³/mol. The molecule has 0 aliphatic carbocycles. The Hall–Kier alpha value is -2.60. The number of pyridine rings is 1. The van der Waals surface area contributed by atoms with E-state index in [0.29, 0.717) is 29.1 Å². The Morgan fingerprint density at radius 2 is 2.17 bits per heavy atom. The van der Waals surface area contributed by atoms with Gasteiger partial charge in [-0.1, -0.05) is 12.1 Å². The lowest BCUT2D eigenvalue weighted by molar-refractivity contribution is 0.0527. The zero-order valence-corrected chi connectivity index (χ0v) is 14.6. The number of nitrogens with one attached hydrogen (secondary N) is 1. The lowest BCUT2D eigenvalue weighted by Crippen LogP contribution is -2.09. The fourth-order valence-corrected chi connectivity index (χ4v) is 3.26. The third kappa shape index (κ3) is 2.92. The van der Waals surface area contributed by atoms with Crippen molar-refractivity contribution in [3.63, 3.8) is 0 Å². The molecule has 3 rings (SSSR count). The normalized spacial score (nSPS) is 10.6. The van der Waals surface area contributed by atoms with Crippen LogP contribution in [0.15, 0.2) is 35.2 Å². The molecule has 24 heavy (non-hydrogen) atoms. The number of anilines is 2. The van der Waals surface area contributed by atoms with E-state index >= 15 is 0 Å². The number of carbonyl (C=O) groups is 1. The first-order valence-electron chi connectivity index (χ1n) is 7.58. The number of carbonyl (C=O) groups excluding carboxylic acids is 1. The van der Waals surface area contributed by atoms with Gasteiger partial charge in [0.25, 0.3) is 0 Å². The minimum absolute atomic E-state index is 0.311. The summed E-state index contributed by atoms with van der Waals surface area (Å²) in [4.78, 5) is 16.8. The predicted octanol–water partition coefficient (Wildman–Crippen LogP) is 4.53. The van der Waals surface area contributed by atoms with Crippen LogP contribution in [-0.2, 0) is 4.74 Å². The quantitative estimate of drug-likeness (QED) is 0.690. The van der Waals surface area contributed by atoms with Crippen molar-refractivity contribution in [2.75, 3.05) is 19.0 Å². The van der Waals surface area contributed by atoms with Crippen molar-refractivity contribution < 1.29 is 14.3 Å². The maximum atomic E-state index is 12.3. The van der Waals surface area contributed by atoms with E-state index in [4.69, 9.17) is 9.47 Å². The third-order valence-corrected chi connectivity index (χ3v) is 4.55. The largest absolute Gasteiger partial charge is 0.494 e. The van der Waals surface area contributed by atoms with Crippen molar-refractivity contribution in [3.05, 3.63) is 46.3 Å². The van der Waals surface area contributed by atoms with Crippen LogP contribution in [0.5, 0.6) is 5.75 Å². The molecule has 0 radical (unpaired) electrons. The van der Waals surface area contributed by atoms with Gasteiger partial charge in [-0.05, 0) is 30.9 Å². The number of benzene rings is 1. The SMILES string of the molecule is CCOC(=O)c1cnc2c(OC)cccc2c1Nc1cscc1C. The summed E-state index contributed by atoms with van der Waals surface area (Å²) >= 11 is 1.60. The highest BCUT2D eigenvalue weighted by Gasteiger charge is 2.19. The van der Waals surface area contributed by atoms with Gasteiger partial charge < -0.3 is 14.8 Å². The molecule has 2 aromatic heterocycles. The van der Waals surface area contributed by atoms with Crippen LogP contribution in [-0.4, -0.2) is 24.7 Å². The molecule has 0 atom stereocenters. The number of methoxy groups -OCH3 is 1. The zero-order valence-electron chi connectivity index (χ0n) is 13.8. The summed E-state index contributed by atoms with van der Waals surface area (Å²) in [5.41, 5.74) is 3.86. The number of hydrogen-bond donors (Lipinski definition) is 1. The smallest absolute Gasteiger partial charge is 0.341 e. The summed E-state index contributed by atoms with van der Waals surface area (Å²) in [6.45, 7) is 4.12. The third-order valence-electron chi connectivity index (χ3n) is 3.69. The summed E-state index contributed by atoms with van der Waals surface area (Å²) < 4.78 is 10.6. The molecule has 1 N–H and O–H groups in total. The average molecular weight is 342 g/mol. The molecule has 124 valence electrons. The second kappa shape index (κ2) is 6.88. The Kier molecular flexibility index (Phi) is 4.66. The molecule has 0 fully saturated rings. The van der Waals surface area contributed by atoms with Gasteiger partial charge in [-0.25, -0.2) is 4.79 Å². The number of ether oxygens (including phenoxy) is 2. The van der Waals surface area contributed by atoms with Gasteiger partial charge in [0.1, 0.15) is 16.8 Å². The molecule has 0 unspecified atom stereocenters. The Morgan fingerprint density at radius 1 is 1.33 bits per heavy atom. The van der Waals surface area contributed by atoms with E-state index in [2.05, 4.69) is 15.7 Å². The van der Waals surface area contributed by atoms with E-state index in [1.54, 1.807) is 25.4 Å². The van der Waals surface area contributed by atoms with Gasteiger partial charge in [-0.2, -0.15) is 0 Å². The van der Waals surface area contributed by atoms with Crippen LogP contribution < -0.4 is 10.1 Å². The van der Waals surface area contributed by atoms with E-state index in [0.717, 1.165) is 16.6 Å². The molecule has 0 saturated carbocycles. The monoisotopic (exact) mass is 342 g/mol. The van der Waals surface area contributed by atoms with Crippen molar-refractivity contribution in [1.29, 1.82) is 0 Å². The number of thiophene rings is 1. The minimum atomic E-state index is -0.398. The second-order valence-electron chi connectivity index (χ2n) is 5.22. The van der Waals surface area contributed by atoms with E-state index in [1.807, 2.05) is 30.5 Å². The van der Waals surface area contributed by atoms with Crippen LogP contribution in [0.3, 0.4) is 0 Å². The van der Waals surface area contributed by atoms with Gasteiger partial charge in [0.15, 0.2) is 0 Å². The van der Waals surface area contributed by atoms with Crippen LogP contribution in [0.1, 0.15) is 22.8 Å². The van der Waals surface area contributed by atoms with Gasteiger partial charge in [0.05, 0.1) is 25.1 Å². The van der Waals surface area contributed by atoms with Crippen LogP contribution in [0.25, 0.3) is 10.9 Å². The van der Waals surface area contributed by atoms with Crippen molar-refractivity contribution in [3.8, 4) is 5.75 Å². The van der Waals surface area contributed by atoms with Gasteiger partial charge in [0.2, 0.25) is 0 Å². The molecule has 3 aromatic rings. The van der Waals surface area contributed by atoms with E-state index in [-0.39, 0.29) is 0 Å². The molecule has 5 nitrogen and oxygen atoms in total. The van der Waals surface area contributed by atoms with E-state index in [9.17, 15) is 4.79 Å². The number of fused-ring (bicyclic) bond motifs is 1. The molecule has 0 aliphatic heterocycles. The number of aryl methyl sites for hydroxylation is 1. The number of para-hydroxylation sites is 1. The standard InChI is InChI=1S/C18H18N2O3S/c1-4-23-18(21)13-8-19-17-12(6-5-7-15(17)22-3)16(13)20-14-10-24-9-11(14)2/h5-10H,4H2,1-3H3,(H,19,20). The van der Waals surface area contributed by atoms with Crippen molar-refractivity contribution in [2.45, 2.75) is 13.8 Å². The summed E-state index contributed by atoms with van der Waals surface area (Å²) in [6.07, 6.45) is 1.53. The Balaban J connectivity index is 2.21. The van der Waals surface area contributed by atoms with Crippen LogP contribution in [0, 0.1) is 6.92 Å². The fraction of sp³-hybridized carbons (Fsp3) is 0.222. The number of rotatable bonds is 5. The molecule has 0 bridgehead atoms. The van der Waals surface area contributed by atoms with Crippen molar-refractivity contribution in [2.24, 2.45) is 0 Å². The first kappa shape index (κ1) is 16.3. The molecule has 0 spiro atoms. The maximum Gasteiger partial charge on any atom is 0.341 e. The lowest BCUT2D eigenvalue weighted by Gasteiger charge is -2.15. The molecule has 1 aromatic carbocycles. The summed E-state index contributed by atoms with van der Waals surface area (Å²) in [6, 6.07) is 5.64. The average Bonchev–Trinajstić information content (AvgIpc) is 2.99. The Labute approximate surface area is 144 Å². The molecule has 2 heterocycles. The second-order valence-corrected chi connectivity index (χ2v) is 5.96. The molecule has 0 saturated heterocycles. The highest BCUT2D eigenvalue weighted by Crippen LogP contribution is 2.35. The zero-order chi connectivity index (χ0) is 17.1. The molecule has 0 aliphatic rings. The summed E-state index contributed by atoms with van der Waals surface area (Å²) in [7, 11) is 1.60. The molecule has 0 amide bonds. The fourth-order valence-electron chi connectivity index (χ4n) is 2.48. The van der Waals surface area contributed by atoms with E-state index in [1.165, 1.54) is 6.20 Å². The van der Waals surface area contributed by atoms with E-state index < -0.39 is 5.97 Å². The maximum absolute atomic E-state index is 12.3. The van der Waals surface area contributed by atoms with Gasteiger partial charge in [-0.3, -0.25) is 4.98 Å². The number of hydrogen-bond acceptors (Lipinski definition) is 6. The lowest BCUT2D eigenvalue weighted by atomic mass is 10.1. The topological polar surface area (TPSA) is 60.5 Å². The Morgan fingerprint density at radius 3 is 2.83 bits per heavy atom. The molecule has 6 heteroatoms. The summed E-state index contributed by atoms with van der Waals surface area (Å²) in [5, 5.41) is 8.24. The van der Waals surface area contributed by atoms with Crippen LogP contribution in [0.4, 0.5) is 11.4 Å². The summed E-state index contributed by atoms with van der Waals surface area (Å²) in [5.74, 6) is 0.262. The van der Waals surface area contributed by atoms with Crippen molar-refractivity contribution in [1.82, 2.24) is 4.98 Å². The number of esters is 1. The molecular formula is C18H18N2O3S. The van der Waals surface area contributed by atoms with Gasteiger partial charge in [-0.15, -0.1) is 11.3 Å². The molecular weight excluding hydrogens is 324 g/mol. The highest BCUT2D eigenvalue weighted by molar-refractivity contribution is 7.08. The van der Waals surface area contributed by atoms with Crippen LogP contribution in [0.2, 0.25) is 0 Å². The van der Waals surface area contributed by atoms with Gasteiger partial charge >= 0.3 is 5.97 Å². The Bertz CT molecular complexity index is 889. The van der Waals surface area contributed by atoms with Gasteiger partial charge in [0, 0.05) is 17.0 Å². The minimum Gasteiger partial charge on any atom is -0.494 e. The first-order valence-corrected chi connectivity index (χ1v) is 8.52. The number of nitrogens with zero attached hydrogens (tertiary/aromatic N) is 1. The first-order chi connectivity index (χ1) is 11.7. The van der Waals surface area contributed by atoms with Crippen LogP contribution >= 0.6 is 11.3 Å². The number of aromatic nitrogens is 1.